The quantitative estimate of drug-likeness (QED) is 0.481. The van der Waals surface area contributed by atoms with Crippen LogP contribution in [-0.2, 0) is 16.0 Å². The third-order valence-electron chi connectivity index (χ3n) is 4.40. The number of hydrogen-bond donors (Lipinski definition) is 2. The van der Waals surface area contributed by atoms with Crippen LogP contribution in [0.15, 0.2) is 41.9 Å². The van der Waals surface area contributed by atoms with Gasteiger partial charge in [-0.15, -0.1) is 0 Å². The second-order valence-corrected chi connectivity index (χ2v) is 7.75. The van der Waals surface area contributed by atoms with Crippen molar-refractivity contribution >= 4 is 35.1 Å². The van der Waals surface area contributed by atoms with Gasteiger partial charge in [0.1, 0.15) is 28.2 Å². The number of nitrogens with two attached hydrogens (primary N) is 1. The van der Waals surface area contributed by atoms with Gasteiger partial charge in [0.05, 0.1) is 11.1 Å². The van der Waals surface area contributed by atoms with E-state index in [2.05, 4.69) is 29.0 Å². The van der Waals surface area contributed by atoms with Crippen molar-refractivity contribution < 1.29 is 9.59 Å². The Morgan fingerprint density at radius 1 is 1.26 bits per heavy atom. The molecule has 2 aromatic rings. The van der Waals surface area contributed by atoms with Crippen molar-refractivity contribution in [1.29, 1.82) is 10.5 Å². The molecule has 0 saturated carbocycles. The lowest BCUT2D eigenvalue weighted by molar-refractivity contribution is -0.117. The minimum atomic E-state index is -0.823. The van der Waals surface area contributed by atoms with Crippen LogP contribution in [0.1, 0.15) is 34.4 Å². The number of anilines is 2. The molecule has 1 heterocycles. The monoisotopic (exact) mass is 434 g/mol. The zero-order valence-corrected chi connectivity index (χ0v) is 18.3. The van der Waals surface area contributed by atoms with Crippen molar-refractivity contribution in [3.63, 3.8) is 0 Å². The Morgan fingerprint density at radius 3 is 2.32 bits per heavy atom. The Bertz CT molecular complexity index is 1100. The highest BCUT2D eigenvalue weighted by molar-refractivity contribution is 8.00. The van der Waals surface area contributed by atoms with Gasteiger partial charge in [0.15, 0.2) is 0 Å². The summed E-state index contributed by atoms with van der Waals surface area (Å²) in [7, 11) is 3.51. The molecule has 2 amide bonds. The fraction of sp³-hybridized carbons (Fsp3) is 0.227. The van der Waals surface area contributed by atoms with Crippen molar-refractivity contribution in [1.82, 2.24) is 4.98 Å². The summed E-state index contributed by atoms with van der Waals surface area (Å²) in [5, 5.41) is 21.5. The number of thioether (sulfide) groups is 1. The first-order valence-electron chi connectivity index (χ1n) is 9.31. The highest BCUT2D eigenvalue weighted by Gasteiger charge is 2.26. The lowest BCUT2D eigenvalue weighted by Gasteiger charge is -2.20. The van der Waals surface area contributed by atoms with Gasteiger partial charge < -0.3 is 16.0 Å². The van der Waals surface area contributed by atoms with Crippen molar-refractivity contribution in [2.75, 3.05) is 24.3 Å². The zero-order valence-electron chi connectivity index (χ0n) is 17.5. The zero-order chi connectivity index (χ0) is 23.1. The van der Waals surface area contributed by atoms with Gasteiger partial charge in [-0.1, -0.05) is 37.4 Å². The van der Waals surface area contributed by atoms with Gasteiger partial charge in [0, 0.05) is 19.8 Å². The van der Waals surface area contributed by atoms with E-state index < -0.39 is 11.2 Å². The Kier molecular flexibility index (Phi) is 7.78. The van der Waals surface area contributed by atoms with E-state index in [9.17, 15) is 20.1 Å². The molecule has 0 spiro atoms. The number of carbonyl (C=O) groups excluding carboxylic acids is 2. The largest absolute Gasteiger partial charge is 0.368 e. The number of nitrogens with one attached hydrogen (secondary N) is 1. The minimum Gasteiger partial charge on any atom is -0.368 e. The van der Waals surface area contributed by atoms with Gasteiger partial charge in [-0.25, -0.2) is 4.98 Å². The number of hydrogen-bond acceptors (Lipinski definition) is 7. The van der Waals surface area contributed by atoms with Gasteiger partial charge >= 0.3 is 0 Å². The van der Waals surface area contributed by atoms with Crippen LogP contribution in [-0.4, -0.2) is 30.9 Å². The smallest absolute Gasteiger partial charge is 0.247 e. The predicted molar refractivity (Wildman–Crippen MR) is 120 cm³/mol. The summed E-state index contributed by atoms with van der Waals surface area (Å²) in [6.45, 7) is 5.26. The van der Waals surface area contributed by atoms with Gasteiger partial charge in [-0.3, -0.25) is 9.59 Å². The van der Waals surface area contributed by atoms with E-state index in [0.29, 0.717) is 39.6 Å². The van der Waals surface area contributed by atoms with Crippen LogP contribution in [0.25, 0.3) is 0 Å². The molecule has 0 fully saturated rings. The van der Waals surface area contributed by atoms with E-state index in [-0.39, 0.29) is 11.5 Å². The molecule has 0 bridgehead atoms. The number of pyridine rings is 1. The molecular formula is C22H22N6O2S. The predicted octanol–water partition coefficient (Wildman–Crippen LogP) is 2.90. The summed E-state index contributed by atoms with van der Waals surface area (Å²) in [6.07, 6.45) is 1.62. The first-order valence-corrected chi connectivity index (χ1v) is 10.2. The maximum Gasteiger partial charge on any atom is 0.247 e. The van der Waals surface area contributed by atoms with Crippen LogP contribution in [0.2, 0.25) is 0 Å². The molecule has 8 nitrogen and oxygen atoms in total. The fourth-order valence-corrected chi connectivity index (χ4v) is 3.99. The topological polar surface area (TPSA) is 136 Å². The van der Waals surface area contributed by atoms with Gasteiger partial charge in [-0.05, 0) is 35.8 Å². The normalized spacial score (nSPS) is 11.0. The van der Waals surface area contributed by atoms with E-state index >= 15 is 0 Å². The van der Waals surface area contributed by atoms with Crippen LogP contribution < -0.4 is 16.0 Å². The lowest BCUT2D eigenvalue weighted by Crippen LogP contribution is -2.20. The van der Waals surface area contributed by atoms with E-state index in [1.165, 1.54) is 0 Å². The van der Waals surface area contributed by atoms with Crippen LogP contribution >= 0.6 is 11.8 Å². The number of amides is 2. The summed E-state index contributed by atoms with van der Waals surface area (Å²) in [5.74, 6) is -0.531. The number of primary amides is 1. The Morgan fingerprint density at radius 2 is 1.87 bits per heavy atom. The molecule has 31 heavy (non-hydrogen) atoms. The lowest BCUT2D eigenvalue weighted by atomic mass is 10.0. The minimum absolute atomic E-state index is 0.260. The maximum atomic E-state index is 12.3. The fourth-order valence-electron chi connectivity index (χ4n) is 2.93. The summed E-state index contributed by atoms with van der Waals surface area (Å²) in [5.41, 5.74) is 7.97. The van der Waals surface area contributed by atoms with E-state index in [1.807, 2.05) is 6.92 Å². The molecule has 0 aliphatic rings. The summed E-state index contributed by atoms with van der Waals surface area (Å²) >= 11 is 1.06. The maximum absolute atomic E-state index is 12.3. The van der Waals surface area contributed by atoms with Gasteiger partial charge in [0.2, 0.25) is 11.8 Å². The van der Waals surface area contributed by atoms with E-state index in [1.54, 1.807) is 43.3 Å². The third-order valence-corrected chi connectivity index (χ3v) is 5.66. The number of rotatable bonds is 8. The molecule has 0 radical (unpaired) electrons. The molecule has 0 saturated heterocycles. The van der Waals surface area contributed by atoms with Crippen LogP contribution in [0, 0.1) is 22.7 Å². The summed E-state index contributed by atoms with van der Waals surface area (Å²) < 4.78 is 0. The van der Waals surface area contributed by atoms with E-state index in [4.69, 9.17) is 5.73 Å². The summed E-state index contributed by atoms with van der Waals surface area (Å²) in [6, 6.07) is 10.9. The van der Waals surface area contributed by atoms with Gasteiger partial charge in [0.25, 0.3) is 0 Å². The van der Waals surface area contributed by atoms with Crippen molar-refractivity contribution in [3.05, 3.63) is 59.2 Å². The molecule has 158 valence electrons. The molecule has 0 aliphatic heterocycles. The first-order chi connectivity index (χ1) is 14.8. The van der Waals surface area contributed by atoms with Crippen molar-refractivity contribution in [2.45, 2.75) is 23.6 Å². The third kappa shape index (κ3) is 5.21. The molecule has 9 heteroatoms. The molecular weight excluding hydrogens is 412 g/mol. The molecule has 0 unspecified atom stereocenters. The molecule has 1 aromatic heterocycles. The number of nitrogens with zero attached hydrogens (tertiary/aromatic N) is 4. The van der Waals surface area contributed by atoms with Crippen LogP contribution in [0.5, 0.6) is 0 Å². The first kappa shape index (κ1) is 23.5. The second-order valence-electron chi connectivity index (χ2n) is 6.66. The number of nitriles is 2. The standard InChI is InChI=1S/C22H22N6O2S/c1-5-15-16(11-23)21(28(3)4)27-22(17(15)12-24)31-19(20(25)30)13-7-9-14(10-8-13)26-18(29)6-2/h6-10,19H,2,5H2,1,3-4H3,(H2,25,30)(H,26,29)/t19-/m0/s1. The highest BCUT2D eigenvalue weighted by Crippen LogP contribution is 2.39. The van der Waals surface area contributed by atoms with Crippen molar-refractivity contribution in [2.24, 2.45) is 5.73 Å². The Labute approximate surface area is 185 Å². The number of benzene rings is 1. The SMILES string of the molecule is C=CC(=O)Nc1ccc([C@H](Sc2nc(N(C)C)c(C#N)c(CC)c2C#N)C(N)=O)cc1. The number of carbonyl (C=O) groups is 2. The second kappa shape index (κ2) is 10.3. The molecule has 2 rings (SSSR count). The molecule has 0 aliphatic carbocycles. The average molecular weight is 435 g/mol. The van der Waals surface area contributed by atoms with Crippen molar-refractivity contribution in [3.8, 4) is 12.1 Å². The summed E-state index contributed by atoms with van der Waals surface area (Å²) in [4.78, 5) is 29.9. The average Bonchev–Trinajstić information content (AvgIpc) is 2.76. The molecule has 1 aromatic carbocycles. The van der Waals surface area contributed by atoms with E-state index in [0.717, 1.165) is 17.8 Å². The van der Waals surface area contributed by atoms with Crippen LogP contribution in [0.4, 0.5) is 11.5 Å². The molecule has 1 atom stereocenters. The Hall–Kier alpha value is -3.82. The number of aromatic nitrogens is 1. The highest BCUT2D eigenvalue weighted by atomic mass is 32.2. The van der Waals surface area contributed by atoms with Crippen LogP contribution in [0.3, 0.4) is 0 Å². The van der Waals surface area contributed by atoms with Gasteiger partial charge in [-0.2, -0.15) is 10.5 Å². The Balaban J connectivity index is 2.53. The molecule has 3 N–H and O–H groups in total.